The van der Waals surface area contributed by atoms with Gasteiger partial charge in [-0.3, -0.25) is 14.4 Å². The molecule has 37 heavy (non-hydrogen) atoms. The second-order valence-corrected chi connectivity index (χ2v) is 9.77. The molecule has 2 aromatic carbocycles. The van der Waals surface area contributed by atoms with Crippen LogP contribution in [0.4, 0.5) is 5.82 Å². The maximum Gasteiger partial charge on any atom is 0.272 e. The first-order valence-electron chi connectivity index (χ1n) is 12.2. The van der Waals surface area contributed by atoms with Crippen LogP contribution in [0, 0.1) is 0 Å². The fourth-order valence-corrected chi connectivity index (χ4v) is 5.77. The molecule has 1 amide bonds. The van der Waals surface area contributed by atoms with E-state index >= 15 is 0 Å². The fourth-order valence-electron chi connectivity index (χ4n) is 5.77. The van der Waals surface area contributed by atoms with Crippen molar-refractivity contribution in [2.75, 3.05) is 5.32 Å². The number of carbonyl (C=O) groups is 2. The number of aromatic amines is 1. The van der Waals surface area contributed by atoms with E-state index in [1.54, 1.807) is 24.4 Å². The monoisotopic (exact) mass is 487 g/mol. The standard InChI is InChI=1S/C29H21N5O3/c35-25(10-9-22-19-4-1-2-5-20(19)27(36)34-33-22)23-8-7-16-12-17-14-29(15-18(17)13-24(16)31-23)21-6-3-11-30-26(21)32-28(29)37/h1-8,11-13H,9-10,14-15H2,(H,34,36)(H,30,32,37). The van der Waals surface area contributed by atoms with Gasteiger partial charge in [0, 0.05) is 29.0 Å². The van der Waals surface area contributed by atoms with Crippen molar-refractivity contribution in [2.45, 2.75) is 31.1 Å². The van der Waals surface area contributed by atoms with E-state index in [4.69, 9.17) is 0 Å². The summed E-state index contributed by atoms with van der Waals surface area (Å²) in [6.07, 6.45) is 3.49. The lowest BCUT2D eigenvalue weighted by Crippen LogP contribution is -2.35. The lowest BCUT2D eigenvalue weighted by molar-refractivity contribution is -0.120. The average Bonchev–Trinajstić information content (AvgIpc) is 3.43. The van der Waals surface area contributed by atoms with Gasteiger partial charge in [-0.2, -0.15) is 5.10 Å². The minimum atomic E-state index is -0.644. The number of amides is 1. The van der Waals surface area contributed by atoms with E-state index < -0.39 is 5.41 Å². The van der Waals surface area contributed by atoms with Gasteiger partial charge >= 0.3 is 0 Å². The van der Waals surface area contributed by atoms with Gasteiger partial charge in [0.2, 0.25) is 5.91 Å². The van der Waals surface area contributed by atoms with Gasteiger partial charge in [-0.15, -0.1) is 0 Å². The molecule has 7 rings (SSSR count). The van der Waals surface area contributed by atoms with Gasteiger partial charge in [-0.25, -0.2) is 15.1 Å². The summed E-state index contributed by atoms with van der Waals surface area (Å²) in [6.45, 7) is 0. The molecule has 0 bridgehead atoms. The zero-order chi connectivity index (χ0) is 25.1. The topological polar surface area (TPSA) is 118 Å². The Balaban J connectivity index is 1.17. The number of ketones is 1. The van der Waals surface area contributed by atoms with Crippen molar-refractivity contribution in [3.05, 3.63) is 105 Å². The molecule has 0 fully saturated rings. The smallest absolute Gasteiger partial charge is 0.272 e. The maximum atomic E-state index is 13.1. The number of anilines is 1. The van der Waals surface area contributed by atoms with Gasteiger partial charge in [-0.1, -0.05) is 30.3 Å². The van der Waals surface area contributed by atoms with Gasteiger partial charge in [0.15, 0.2) is 5.78 Å². The number of Topliss-reactive ketones (excluding diaryl/α,β-unsaturated/α-hetero) is 1. The number of rotatable bonds is 4. The first-order chi connectivity index (χ1) is 18.0. The highest BCUT2D eigenvalue weighted by Gasteiger charge is 2.51. The summed E-state index contributed by atoms with van der Waals surface area (Å²) in [5.74, 6) is 0.528. The molecule has 180 valence electrons. The molecule has 8 heteroatoms. The Labute approximate surface area is 210 Å². The van der Waals surface area contributed by atoms with E-state index in [2.05, 4.69) is 31.5 Å². The van der Waals surface area contributed by atoms with E-state index in [1.165, 1.54) is 0 Å². The molecule has 5 aromatic rings. The highest BCUT2D eigenvalue weighted by Crippen LogP contribution is 2.47. The third-order valence-electron chi connectivity index (χ3n) is 7.63. The number of hydrogen-bond donors (Lipinski definition) is 2. The van der Waals surface area contributed by atoms with Gasteiger partial charge in [0.25, 0.3) is 5.56 Å². The number of pyridine rings is 2. The molecule has 0 saturated carbocycles. The minimum absolute atomic E-state index is 0.0197. The Morgan fingerprint density at radius 3 is 2.62 bits per heavy atom. The molecule has 1 aliphatic heterocycles. The highest BCUT2D eigenvalue weighted by molar-refractivity contribution is 6.06. The van der Waals surface area contributed by atoms with E-state index in [0.717, 1.165) is 33.0 Å². The van der Waals surface area contributed by atoms with Crippen LogP contribution in [0.3, 0.4) is 0 Å². The van der Waals surface area contributed by atoms with Gasteiger partial charge in [0.05, 0.1) is 22.0 Å². The van der Waals surface area contributed by atoms with E-state index in [-0.39, 0.29) is 23.7 Å². The number of fused-ring (bicyclic) bond motifs is 5. The molecule has 1 unspecified atom stereocenters. The molecule has 8 nitrogen and oxygen atoms in total. The second kappa shape index (κ2) is 7.89. The van der Waals surface area contributed by atoms with Gasteiger partial charge in [-0.05, 0) is 60.7 Å². The van der Waals surface area contributed by atoms with Crippen molar-refractivity contribution in [1.82, 2.24) is 20.2 Å². The average molecular weight is 488 g/mol. The second-order valence-electron chi connectivity index (χ2n) is 9.77. The number of aryl methyl sites for hydroxylation is 1. The van der Waals surface area contributed by atoms with Crippen molar-refractivity contribution in [3.8, 4) is 0 Å². The molecule has 0 saturated heterocycles. The molecule has 3 aromatic heterocycles. The lowest BCUT2D eigenvalue weighted by Gasteiger charge is -2.20. The molecule has 0 radical (unpaired) electrons. The van der Waals surface area contributed by atoms with E-state index in [0.29, 0.717) is 41.9 Å². The Bertz CT molecular complexity index is 1840. The van der Waals surface area contributed by atoms with Crippen molar-refractivity contribution in [3.63, 3.8) is 0 Å². The van der Waals surface area contributed by atoms with Crippen molar-refractivity contribution in [2.24, 2.45) is 0 Å². The number of hydrogen-bond acceptors (Lipinski definition) is 6. The Morgan fingerprint density at radius 2 is 1.76 bits per heavy atom. The summed E-state index contributed by atoms with van der Waals surface area (Å²) in [5.41, 5.74) is 4.04. The molecule has 2 aliphatic rings. The van der Waals surface area contributed by atoms with Crippen LogP contribution in [-0.2, 0) is 29.5 Å². The zero-order valence-electron chi connectivity index (χ0n) is 19.7. The van der Waals surface area contributed by atoms with Crippen molar-refractivity contribution < 1.29 is 9.59 Å². The fraction of sp³-hybridized carbons (Fsp3) is 0.172. The molecular formula is C29H21N5O3. The van der Waals surface area contributed by atoms with Gasteiger partial charge in [0.1, 0.15) is 11.5 Å². The number of aromatic nitrogens is 4. The van der Waals surface area contributed by atoms with Crippen LogP contribution >= 0.6 is 0 Å². The molecule has 1 aliphatic carbocycles. The Hall–Kier alpha value is -4.72. The SMILES string of the molecule is O=C(CCc1n[nH]c(=O)c2ccccc12)c1ccc2cc3c(cc2n1)CC1(C3)C(=O)Nc2ncccc21. The number of nitrogens with zero attached hydrogens (tertiary/aromatic N) is 3. The predicted molar refractivity (Wildman–Crippen MR) is 139 cm³/mol. The lowest BCUT2D eigenvalue weighted by atomic mass is 9.79. The van der Waals surface area contributed by atoms with Crippen molar-refractivity contribution in [1.29, 1.82) is 0 Å². The molecule has 4 heterocycles. The zero-order valence-corrected chi connectivity index (χ0v) is 19.7. The summed E-state index contributed by atoms with van der Waals surface area (Å²) < 4.78 is 0. The molecular weight excluding hydrogens is 466 g/mol. The van der Waals surface area contributed by atoms with Crippen LogP contribution in [0.2, 0.25) is 0 Å². The summed E-state index contributed by atoms with van der Waals surface area (Å²) in [5, 5.41) is 11.9. The Kier molecular flexibility index (Phi) is 4.60. The number of H-pyrrole nitrogens is 1. The molecule has 1 atom stereocenters. The summed E-state index contributed by atoms with van der Waals surface area (Å²) in [6, 6.07) is 18.9. The van der Waals surface area contributed by atoms with Crippen LogP contribution in [0.25, 0.3) is 21.7 Å². The number of benzene rings is 2. The maximum absolute atomic E-state index is 13.1. The first-order valence-corrected chi connectivity index (χ1v) is 12.2. The quantitative estimate of drug-likeness (QED) is 0.374. The van der Waals surface area contributed by atoms with Crippen LogP contribution in [-0.4, -0.2) is 31.9 Å². The largest absolute Gasteiger partial charge is 0.310 e. The van der Waals surface area contributed by atoms with E-state index in [1.807, 2.05) is 36.4 Å². The summed E-state index contributed by atoms with van der Waals surface area (Å²) in [7, 11) is 0. The third-order valence-corrected chi connectivity index (χ3v) is 7.63. The summed E-state index contributed by atoms with van der Waals surface area (Å²) in [4.78, 5) is 47.1. The van der Waals surface area contributed by atoms with Crippen LogP contribution in [0.5, 0.6) is 0 Å². The number of carbonyl (C=O) groups excluding carboxylic acids is 2. The molecule has 1 spiro atoms. The normalized spacial score (nSPS) is 17.8. The third kappa shape index (κ3) is 3.29. The van der Waals surface area contributed by atoms with Gasteiger partial charge < -0.3 is 5.32 Å². The van der Waals surface area contributed by atoms with Crippen LogP contribution < -0.4 is 10.9 Å². The van der Waals surface area contributed by atoms with E-state index in [9.17, 15) is 14.4 Å². The Morgan fingerprint density at radius 1 is 0.946 bits per heavy atom. The highest BCUT2D eigenvalue weighted by atomic mass is 16.2. The molecule has 2 N–H and O–H groups in total. The van der Waals surface area contributed by atoms with Crippen LogP contribution in [0.15, 0.2) is 71.7 Å². The first kappa shape index (κ1) is 21.6. The van der Waals surface area contributed by atoms with Crippen LogP contribution in [0.1, 0.15) is 39.3 Å². The van der Waals surface area contributed by atoms with Crippen molar-refractivity contribution >= 4 is 39.2 Å². The minimum Gasteiger partial charge on any atom is -0.310 e. The predicted octanol–water partition coefficient (Wildman–Crippen LogP) is 3.67. The number of nitrogens with one attached hydrogen (secondary N) is 2. The summed E-state index contributed by atoms with van der Waals surface area (Å²) >= 11 is 0.